The van der Waals surface area contributed by atoms with Crippen molar-refractivity contribution in [2.75, 3.05) is 11.0 Å². The Hall–Kier alpha value is -2.12. The molecule has 1 N–H and O–H groups in total. The smallest absolute Gasteiger partial charge is 0.263 e. The molecule has 0 saturated carbocycles. The molecule has 0 saturated heterocycles. The van der Waals surface area contributed by atoms with Gasteiger partial charge in [0.15, 0.2) is 11.0 Å². The van der Waals surface area contributed by atoms with Gasteiger partial charge in [0, 0.05) is 5.39 Å². The molecule has 0 radical (unpaired) electrons. The van der Waals surface area contributed by atoms with E-state index in [0.717, 1.165) is 5.56 Å². The minimum atomic E-state index is -3.70. The number of aryl methyl sites for hydroxylation is 1. The highest BCUT2D eigenvalue weighted by Gasteiger charge is 2.17. The summed E-state index contributed by atoms with van der Waals surface area (Å²) in [6, 6.07) is 14.1. The fourth-order valence-corrected chi connectivity index (χ4v) is 3.69. The van der Waals surface area contributed by atoms with Crippen LogP contribution in [0.4, 0.5) is 5.82 Å². The van der Waals surface area contributed by atoms with Gasteiger partial charge in [-0.25, -0.2) is 18.4 Å². The predicted molar refractivity (Wildman–Crippen MR) is 93.3 cm³/mol. The van der Waals surface area contributed by atoms with E-state index in [2.05, 4.69) is 14.7 Å². The Labute approximate surface area is 139 Å². The molecule has 1 heterocycles. The summed E-state index contributed by atoms with van der Waals surface area (Å²) in [6.45, 7) is 1.85. The summed E-state index contributed by atoms with van der Waals surface area (Å²) in [7, 11) is -3.70. The van der Waals surface area contributed by atoms with E-state index in [1.54, 1.807) is 24.3 Å². The van der Waals surface area contributed by atoms with Crippen molar-refractivity contribution in [1.82, 2.24) is 9.97 Å². The normalized spacial score (nSPS) is 11.6. The minimum Gasteiger partial charge on any atom is -0.263 e. The van der Waals surface area contributed by atoms with Gasteiger partial charge in [-0.1, -0.05) is 36.0 Å². The van der Waals surface area contributed by atoms with E-state index in [1.165, 1.54) is 11.8 Å². The van der Waals surface area contributed by atoms with E-state index in [1.807, 2.05) is 37.4 Å². The Morgan fingerprint density at radius 2 is 1.83 bits per heavy atom. The third-order valence-electron chi connectivity index (χ3n) is 3.30. The third kappa shape index (κ3) is 3.30. The Kier molecular flexibility index (Phi) is 4.23. The van der Waals surface area contributed by atoms with Crippen LogP contribution in [0.2, 0.25) is 0 Å². The van der Waals surface area contributed by atoms with Crippen molar-refractivity contribution in [3.63, 3.8) is 0 Å². The lowest BCUT2D eigenvalue weighted by molar-refractivity contribution is 0.601. The van der Waals surface area contributed by atoms with Gasteiger partial charge in [0.25, 0.3) is 10.0 Å². The van der Waals surface area contributed by atoms with E-state index in [9.17, 15) is 8.42 Å². The lowest BCUT2D eigenvalue weighted by atomic mass is 10.2. The van der Waals surface area contributed by atoms with E-state index in [-0.39, 0.29) is 4.90 Å². The first-order valence-electron chi connectivity index (χ1n) is 6.90. The Morgan fingerprint density at radius 1 is 1.04 bits per heavy atom. The van der Waals surface area contributed by atoms with Crippen LogP contribution in [0.5, 0.6) is 0 Å². The van der Waals surface area contributed by atoms with Crippen LogP contribution in [0.1, 0.15) is 5.56 Å². The molecule has 3 aromatic rings. The second-order valence-electron chi connectivity index (χ2n) is 5.00. The summed E-state index contributed by atoms with van der Waals surface area (Å²) in [5.41, 5.74) is 1.58. The molecule has 0 aliphatic rings. The number of benzene rings is 2. The Bertz CT molecular complexity index is 972. The molecule has 3 rings (SSSR count). The van der Waals surface area contributed by atoms with E-state index < -0.39 is 10.0 Å². The number of rotatable bonds is 4. The molecule has 0 fully saturated rings. The minimum absolute atomic E-state index is 0.214. The third-order valence-corrected chi connectivity index (χ3v) is 5.18. The van der Waals surface area contributed by atoms with Gasteiger partial charge in [-0.15, -0.1) is 0 Å². The Morgan fingerprint density at radius 3 is 2.57 bits per heavy atom. The summed E-state index contributed by atoms with van der Waals surface area (Å²) in [5.74, 6) is 0.293. The number of para-hydroxylation sites is 1. The maximum atomic E-state index is 12.6. The second kappa shape index (κ2) is 6.17. The molecule has 0 atom stereocenters. The van der Waals surface area contributed by atoms with Gasteiger partial charge in [-0.05, 0) is 43.0 Å². The van der Waals surface area contributed by atoms with Crippen LogP contribution >= 0.6 is 11.8 Å². The van der Waals surface area contributed by atoms with E-state index in [0.29, 0.717) is 21.9 Å². The van der Waals surface area contributed by atoms with Crippen molar-refractivity contribution in [1.29, 1.82) is 0 Å². The fourth-order valence-electron chi connectivity index (χ4n) is 2.19. The van der Waals surface area contributed by atoms with Crippen molar-refractivity contribution in [3.05, 3.63) is 54.1 Å². The van der Waals surface area contributed by atoms with Crippen LogP contribution in [-0.2, 0) is 10.0 Å². The van der Waals surface area contributed by atoms with Crippen molar-refractivity contribution < 1.29 is 8.42 Å². The molecular weight excluding hydrogens is 330 g/mol. The number of hydrogen-bond acceptors (Lipinski definition) is 5. The maximum Gasteiger partial charge on any atom is 0.263 e. The van der Waals surface area contributed by atoms with Gasteiger partial charge in [0.2, 0.25) is 0 Å². The first kappa shape index (κ1) is 15.8. The van der Waals surface area contributed by atoms with Crippen molar-refractivity contribution in [2.24, 2.45) is 0 Å². The van der Waals surface area contributed by atoms with Gasteiger partial charge >= 0.3 is 0 Å². The summed E-state index contributed by atoms with van der Waals surface area (Å²) >= 11 is 1.37. The number of fused-ring (bicyclic) bond motifs is 1. The molecule has 1 aromatic heterocycles. The SMILES string of the molecule is CSc1nc(NS(=O)(=O)c2cccc(C)c2)c2ccccc2n1. The molecule has 0 aliphatic heterocycles. The fraction of sp³-hybridized carbons (Fsp3) is 0.125. The van der Waals surface area contributed by atoms with Crippen molar-refractivity contribution in [3.8, 4) is 0 Å². The number of nitrogens with zero attached hydrogens (tertiary/aromatic N) is 2. The number of thioether (sulfide) groups is 1. The van der Waals surface area contributed by atoms with Gasteiger partial charge < -0.3 is 0 Å². The molecule has 23 heavy (non-hydrogen) atoms. The van der Waals surface area contributed by atoms with Crippen molar-refractivity contribution >= 4 is 38.5 Å². The van der Waals surface area contributed by atoms with Gasteiger partial charge in [0.05, 0.1) is 10.4 Å². The summed E-state index contributed by atoms with van der Waals surface area (Å²) in [4.78, 5) is 8.92. The summed E-state index contributed by atoms with van der Waals surface area (Å²) in [5, 5.41) is 1.19. The predicted octanol–water partition coefficient (Wildman–Crippen LogP) is 3.46. The topological polar surface area (TPSA) is 72.0 Å². The lowest BCUT2D eigenvalue weighted by Crippen LogP contribution is -2.15. The lowest BCUT2D eigenvalue weighted by Gasteiger charge is -2.11. The molecule has 7 heteroatoms. The monoisotopic (exact) mass is 345 g/mol. The van der Waals surface area contributed by atoms with E-state index in [4.69, 9.17) is 0 Å². The maximum absolute atomic E-state index is 12.6. The highest BCUT2D eigenvalue weighted by atomic mass is 32.2. The summed E-state index contributed by atoms with van der Waals surface area (Å²) < 4.78 is 27.8. The largest absolute Gasteiger partial charge is 0.263 e. The zero-order chi connectivity index (χ0) is 16.4. The molecule has 0 spiro atoms. The summed E-state index contributed by atoms with van der Waals surface area (Å²) in [6.07, 6.45) is 1.85. The molecule has 118 valence electrons. The quantitative estimate of drug-likeness (QED) is 0.579. The van der Waals surface area contributed by atoms with Crippen LogP contribution in [0.15, 0.2) is 58.6 Å². The Balaban J connectivity index is 2.10. The molecule has 2 aromatic carbocycles. The van der Waals surface area contributed by atoms with Crippen LogP contribution in [0.3, 0.4) is 0 Å². The zero-order valence-electron chi connectivity index (χ0n) is 12.6. The molecular formula is C16H15N3O2S2. The van der Waals surface area contributed by atoms with Gasteiger partial charge in [-0.2, -0.15) is 0 Å². The number of anilines is 1. The average Bonchev–Trinajstić information content (AvgIpc) is 2.54. The molecule has 0 unspecified atom stereocenters. The van der Waals surface area contributed by atoms with Crippen LogP contribution in [-0.4, -0.2) is 24.6 Å². The number of aromatic nitrogens is 2. The van der Waals surface area contributed by atoms with Gasteiger partial charge in [0.1, 0.15) is 0 Å². The van der Waals surface area contributed by atoms with E-state index >= 15 is 0 Å². The molecule has 0 amide bonds. The second-order valence-corrected chi connectivity index (χ2v) is 7.45. The standard InChI is InChI=1S/C16H15N3O2S2/c1-11-6-5-7-12(10-11)23(20,21)19-15-13-8-3-4-9-14(13)17-16(18-15)22-2/h3-10H,1-2H3,(H,17,18,19). The zero-order valence-corrected chi connectivity index (χ0v) is 14.3. The molecule has 5 nitrogen and oxygen atoms in total. The number of nitrogens with one attached hydrogen (secondary N) is 1. The van der Waals surface area contributed by atoms with Crippen LogP contribution < -0.4 is 4.72 Å². The number of sulfonamides is 1. The average molecular weight is 345 g/mol. The van der Waals surface area contributed by atoms with Crippen LogP contribution in [0, 0.1) is 6.92 Å². The highest BCUT2D eigenvalue weighted by molar-refractivity contribution is 7.98. The van der Waals surface area contributed by atoms with Crippen LogP contribution in [0.25, 0.3) is 10.9 Å². The van der Waals surface area contributed by atoms with Gasteiger partial charge in [-0.3, -0.25) is 4.72 Å². The molecule has 0 aliphatic carbocycles. The number of hydrogen-bond donors (Lipinski definition) is 1. The van der Waals surface area contributed by atoms with Crippen molar-refractivity contribution in [2.45, 2.75) is 17.0 Å². The first-order chi connectivity index (χ1) is 11.0. The highest BCUT2D eigenvalue weighted by Crippen LogP contribution is 2.25. The molecule has 0 bridgehead atoms. The first-order valence-corrected chi connectivity index (χ1v) is 9.61.